The summed E-state index contributed by atoms with van der Waals surface area (Å²) in [5.41, 5.74) is -0.507. The molecular weight excluding hydrogens is 294 g/mol. The summed E-state index contributed by atoms with van der Waals surface area (Å²) in [5, 5.41) is 0. The van der Waals surface area contributed by atoms with Gasteiger partial charge in [-0.3, -0.25) is 4.79 Å². The lowest BCUT2D eigenvalue weighted by atomic mass is 10.1. The van der Waals surface area contributed by atoms with Gasteiger partial charge in [-0.05, 0) is 12.1 Å². The molecule has 0 amide bonds. The first-order valence-corrected chi connectivity index (χ1v) is 5.11. The smallest absolute Gasteiger partial charge is 0.405 e. The molecule has 0 aliphatic carbocycles. The van der Waals surface area contributed by atoms with Crippen LogP contribution in [0.3, 0.4) is 0 Å². The number of hydrogen-bond acceptors (Lipinski definition) is 3. The number of para-hydroxylation sites is 1. The molecule has 1 aromatic carbocycles. The van der Waals surface area contributed by atoms with Gasteiger partial charge < -0.3 is 9.47 Å². The summed E-state index contributed by atoms with van der Waals surface area (Å²) >= 11 is 0. The molecule has 0 radical (unpaired) electrons. The van der Waals surface area contributed by atoms with E-state index in [1.165, 1.54) is 12.1 Å². The zero-order valence-corrected chi connectivity index (χ0v) is 9.72. The van der Waals surface area contributed by atoms with Gasteiger partial charge in [0.05, 0.1) is 5.56 Å². The summed E-state index contributed by atoms with van der Waals surface area (Å²) in [6, 6.07) is 4.32. The van der Waals surface area contributed by atoms with Crippen molar-refractivity contribution in [1.29, 1.82) is 0 Å². The van der Waals surface area contributed by atoms with E-state index in [4.69, 9.17) is 0 Å². The van der Waals surface area contributed by atoms with E-state index in [0.717, 1.165) is 12.1 Å². The van der Waals surface area contributed by atoms with Crippen molar-refractivity contribution < 1.29 is 40.6 Å². The van der Waals surface area contributed by atoms with Crippen LogP contribution in [0.5, 0.6) is 5.75 Å². The standard InChI is InChI=1S/C11H8F6O3/c12-10(13,14)6-19-5-8(18)7-3-1-2-4-9(7)20-11(15,16)17/h1-4H,5-6H2. The minimum absolute atomic E-state index is 0.507. The number of carbonyl (C=O) groups is 1. The van der Waals surface area contributed by atoms with Crippen LogP contribution in [-0.2, 0) is 4.74 Å². The van der Waals surface area contributed by atoms with E-state index < -0.39 is 42.8 Å². The van der Waals surface area contributed by atoms with Gasteiger partial charge in [-0.25, -0.2) is 0 Å². The Bertz CT molecular complexity index is 466. The lowest BCUT2D eigenvalue weighted by Crippen LogP contribution is -2.22. The number of Topliss-reactive ketones (excluding diaryl/α,β-unsaturated/α-hetero) is 1. The van der Waals surface area contributed by atoms with Gasteiger partial charge in [0, 0.05) is 0 Å². The second-order valence-electron chi connectivity index (χ2n) is 3.58. The molecule has 1 aromatic rings. The third kappa shape index (κ3) is 5.91. The van der Waals surface area contributed by atoms with Crippen LogP contribution in [0.4, 0.5) is 26.3 Å². The highest BCUT2D eigenvalue weighted by atomic mass is 19.4. The fourth-order valence-corrected chi connectivity index (χ4v) is 1.25. The van der Waals surface area contributed by atoms with Crippen molar-refractivity contribution in [1.82, 2.24) is 0 Å². The largest absolute Gasteiger partial charge is 0.573 e. The van der Waals surface area contributed by atoms with Crippen LogP contribution < -0.4 is 4.74 Å². The topological polar surface area (TPSA) is 35.5 Å². The van der Waals surface area contributed by atoms with Crippen molar-refractivity contribution in [2.24, 2.45) is 0 Å². The minimum atomic E-state index is -5.01. The molecule has 0 atom stereocenters. The third-order valence-electron chi connectivity index (χ3n) is 1.91. The van der Waals surface area contributed by atoms with E-state index in [2.05, 4.69) is 9.47 Å². The van der Waals surface area contributed by atoms with Crippen LogP contribution in [-0.4, -0.2) is 31.5 Å². The number of ether oxygens (including phenoxy) is 2. The Balaban J connectivity index is 2.73. The van der Waals surface area contributed by atoms with Crippen LogP contribution in [0, 0.1) is 0 Å². The summed E-state index contributed by atoms with van der Waals surface area (Å²) in [4.78, 5) is 11.5. The lowest BCUT2D eigenvalue weighted by Gasteiger charge is -2.12. The van der Waals surface area contributed by atoms with E-state index >= 15 is 0 Å². The molecule has 9 heteroatoms. The third-order valence-corrected chi connectivity index (χ3v) is 1.91. The van der Waals surface area contributed by atoms with E-state index in [1.54, 1.807) is 0 Å². The zero-order valence-electron chi connectivity index (χ0n) is 9.72. The van der Waals surface area contributed by atoms with Crippen LogP contribution in [0.25, 0.3) is 0 Å². The van der Waals surface area contributed by atoms with Gasteiger partial charge in [-0.1, -0.05) is 12.1 Å². The molecule has 0 bridgehead atoms. The van der Waals surface area contributed by atoms with Crippen LogP contribution in [0.15, 0.2) is 24.3 Å². The van der Waals surface area contributed by atoms with Gasteiger partial charge >= 0.3 is 12.5 Å². The quantitative estimate of drug-likeness (QED) is 0.618. The first-order valence-electron chi connectivity index (χ1n) is 5.11. The zero-order chi connectivity index (χ0) is 15.4. The van der Waals surface area contributed by atoms with E-state index in [1.807, 2.05) is 0 Å². The van der Waals surface area contributed by atoms with Gasteiger partial charge in [0.2, 0.25) is 0 Å². The van der Waals surface area contributed by atoms with Gasteiger partial charge in [0.25, 0.3) is 0 Å². The fourth-order valence-electron chi connectivity index (χ4n) is 1.25. The number of halogens is 6. The highest BCUT2D eigenvalue weighted by molar-refractivity contribution is 5.99. The summed E-state index contributed by atoms with van der Waals surface area (Å²) in [6.07, 6.45) is -9.63. The number of carbonyl (C=O) groups excluding carboxylic acids is 1. The summed E-state index contributed by atoms with van der Waals surface area (Å²) in [7, 11) is 0. The van der Waals surface area contributed by atoms with E-state index in [-0.39, 0.29) is 0 Å². The van der Waals surface area contributed by atoms with Crippen molar-refractivity contribution in [3.05, 3.63) is 29.8 Å². The van der Waals surface area contributed by atoms with E-state index in [9.17, 15) is 31.1 Å². The number of benzene rings is 1. The first-order chi connectivity index (χ1) is 9.08. The van der Waals surface area contributed by atoms with Crippen molar-refractivity contribution in [2.45, 2.75) is 12.5 Å². The molecule has 0 spiro atoms. The molecule has 20 heavy (non-hydrogen) atoms. The molecule has 0 saturated heterocycles. The first kappa shape index (κ1) is 16.3. The maximum absolute atomic E-state index is 12.1. The summed E-state index contributed by atoms with van der Waals surface area (Å²) in [5.74, 6) is -1.84. The molecule has 0 fully saturated rings. The predicted octanol–water partition coefficient (Wildman–Crippen LogP) is 3.35. The predicted molar refractivity (Wildman–Crippen MR) is 54.3 cm³/mol. The summed E-state index contributed by atoms with van der Waals surface area (Å²) < 4.78 is 79.3. The van der Waals surface area contributed by atoms with Gasteiger partial charge in [0.1, 0.15) is 19.0 Å². The monoisotopic (exact) mass is 302 g/mol. The molecule has 0 aromatic heterocycles. The fraction of sp³-hybridized carbons (Fsp3) is 0.364. The van der Waals surface area contributed by atoms with Gasteiger partial charge in [-0.2, -0.15) is 13.2 Å². The molecule has 0 unspecified atom stereocenters. The van der Waals surface area contributed by atoms with Gasteiger partial charge in [0.15, 0.2) is 5.78 Å². The Hall–Kier alpha value is -1.77. The Morgan fingerprint density at radius 2 is 1.65 bits per heavy atom. The maximum Gasteiger partial charge on any atom is 0.573 e. The second-order valence-corrected chi connectivity index (χ2v) is 3.58. The Kier molecular flexibility index (Phi) is 4.98. The van der Waals surface area contributed by atoms with Crippen molar-refractivity contribution >= 4 is 5.78 Å². The van der Waals surface area contributed by atoms with Gasteiger partial charge in [-0.15, -0.1) is 13.2 Å². The Morgan fingerprint density at radius 3 is 2.20 bits per heavy atom. The average Bonchev–Trinajstić information content (AvgIpc) is 2.25. The Morgan fingerprint density at radius 1 is 1.05 bits per heavy atom. The molecule has 0 heterocycles. The van der Waals surface area contributed by atoms with Crippen molar-refractivity contribution in [3.63, 3.8) is 0 Å². The molecule has 0 N–H and O–H groups in total. The van der Waals surface area contributed by atoms with E-state index in [0.29, 0.717) is 0 Å². The van der Waals surface area contributed by atoms with Crippen LogP contribution >= 0.6 is 0 Å². The number of alkyl halides is 6. The lowest BCUT2D eigenvalue weighted by molar-refractivity contribution is -0.274. The van der Waals surface area contributed by atoms with Crippen molar-refractivity contribution in [3.8, 4) is 5.75 Å². The number of hydrogen-bond donors (Lipinski definition) is 0. The number of ketones is 1. The SMILES string of the molecule is O=C(COCC(F)(F)F)c1ccccc1OC(F)(F)F. The highest BCUT2D eigenvalue weighted by Crippen LogP contribution is 2.26. The molecule has 0 saturated carbocycles. The normalized spacial score (nSPS) is 12.3. The highest BCUT2D eigenvalue weighted by Gasteiger charge is 2.33. The number of rotatable bonds is 5. The van der Waals surface area contributed by atoms with Crippen LogP contribution in [0.2, 0.25) is 0 Å². The average molecular weight is 302 g/mol. The molecular formula is C11H8F6O3. The molecule has 112 valence electrons. The maximum atomic E-state index is 12.1. The molecule has 1 rings (SSSR count). The molecule has 3 nitrogen and oxygen atoms in total. The molecule has 0 aliphatic rings. The summed E-state index contributed by atoms with van der Waals surface area (Å²) in [6.45, 7) is -2.67. The molecule has 0 aliphatic heterocycles. The second kappa shape index (κ2) is 6.12. The van der Waals surface area contributed by atoms with Crippen LogP contribution in [0.1, 0.15) is 10.4 Å². The Labute approximate surface area is 109 Å². The van der Waals surface area contributed by atoms with Crippen molar-refractivity contribution in [2.75, 3.05) is 13.2 Å². The minimum Gasteiger partial charge on any atom is -0.405 e.